The number of hydrogen-bond acceptors (Lipinski definition) is 4. The SMILES string of the molecule is c1ccc(-c2ccc(N(c3ccccc3)c3ccc(-c4ccc5c(c4)oc4cc6nc(-c7ccccc7)sc6cc45)cc3-c3ccccc3)cc2)cc1. The first-order chi connectivity index (χ1) is 26.2. The maximum atomic E-state index is 6.53. The number of rotatable bonds is 7. The van der Waals surface area contributed by atoms with Crippen molar-refractivity contribution < 1.29 is 4.42 Å². The molecule has 0 aliphatic rings. The summed E-state index contributed by atoms with van der Waals surface area (Å²) in [5, 5.41) is 3.24. The van der Waals surface area contributed by atoms with Crippen LogP contribution in [-0.4, -0.2) is 4.98 Å². The van der Waals surface area contributed by atoms with Gasteiger partial charge in [-0.15, -0.1) is 11.3 Å². The molecule has 0 unspecified atom stereocenters. The minimum absolute atomic E-state index is 0.853. The topological polar surface area (TPSA) is 29.3 Å². The molecule has 2 heterocycles. The van der Waals surface area contributed by atoms with E-state index in [0.717, 1.165) is 82.0 Å². The van der Waals surface area contributed by atoms with Gasteiger partial charge in [-0.25, -0.2) is 4.98 Å². The van der Waals surface area contributed by atoms with Crippen molar-refractivity contribution in [3.8, 4) is 44.0 Å². The van der Waals surface area contributed by atoms with Crippen molar-refractivity contribution in [3.63, 3.8) is 0 Å². The molecule has 8 aromatic carbocycles. The standard InChI is InChI=1S/C49H32N2OS/c1-5-13-33(14-6-1)34-21-25-40(26-22-34)51(39-19-11-4-12-20-39)45-28-24-37(29-42(45)35-15-7-2-8-16-35)38-23-27-41-43-31-48-44(32-47(43)52-46(41)30-38)50-49(53-48)36-17-9-3-10-18-36/h1-32H. The predicted octanol–water partition coefficient (Wildman–Crippen LogP) is 14.3. The van der Waals surface area contributed by atoms with Gasteiger partial charge in [0.2, 0.25) is 0 Å². The van der Waals surface area contributed by atoms with Crippen LogP contribution in [0.15, 0.2) is 199 Å². The van der Waals surface area contributed by atoms with Crippen molar-refractivity contribution >= 4 is 60.6 Å². The van der Waals surface area contributed by atoms with Gasteiger partial charge in [0, 0.05) is 39.3 Å². The van der Waals surface area contributed by atoms with Gasteiger partial charge in [-0.05, 0) is 82.4 Å². The lowest BCUT2D eigenvalue weighted by molar-refractivity contribution is 0.669. The summed E-state index contributed by atoms with van der Waals surface area (Å²) in [7, 11) is 0. The second kappa shape index (κ2) is 13.1. The van der Waals surface area contributed by atoms with Gasteiger partial charge in [0.15, 0.2) is 0 Å². The van der Waals surface area contributed by atoms with Gasteiger partial charge >= 0.3 is 0 Å². The minimum Gasteiger partial charge on any atom is -0.456 e. The van der Waals surface area contributed by atoms with E-state index >= 15 is 0 Å². The van der Waals surface area contributed by atoms with Gasteiger partial charge in [-0.2, -0.15) is 0 Å². The van der Waals surface area contributed by atoms with Crippen LogP contribution in [-0.2, 0) is 0 Å². The molecule has 10 rings (SSSR count). The first-order valence-electron chi connectivity index (χ1n) is 17.8. The smallest absolute Gasteiger partial charge is 0.137 e. The van der Waals surface area contributed by atoms with Crippen molar-refractivity contribution in [3.05, 3.63) is 194 Å². The Bertz CT molecular complexity index is 2860. The highest BCUT2D eigenvalue weighted by molar-refractivity contribution is 7.21. The van der Waals surface area contributed by atoms with Gasteiger partial charge in [0.05, 0.1) is 15.9 Å². The molecule has 250 valence electrons. The van der Waals surface area contributed by atoms with Crippen molar-refractivity contribution in [1.29, 1.82) is 0 Å². The van der Waals surface area contributed by atoms with Crippen molar-refractivity contribution in [2.45, 2.75) is 0 Å². The Kier molecular flexibility index (Phi) is 7.67. The molecule has 0 spiro atoms. The number of nitrogens with zero attached hydrogens (tertiary/aromatic N) is 2. The monoisotopic (exact) mass is 696 g/mol. The van der Waals surface area contributed by atoms with Crippen LogP contribution in [0.2, 0.25) is 0 Å². The Morgan fingerprint density at radius 2 is 0.962 bits per heavy atom. The highest BCUT2D eigenvalue weighted by Gasteiger charge is 2.19. The van der Waals surface area contributed by atoms with Crippen molar-refractivity contribution in [2.75, 3.05) is 4.90 Å². The molecule has 0 atom stereocenters. The molecule has 10 aromatic rings. The third-order valence-electron chi connectivity index (χ3n) is 9.90. The van der Waals surface area contributed by atoms with Crippen LogP contribution >= 0.6 is 11.3 Å². The molecule has 0 saturated heterocycles. The maximum absolute atomic E-state index is 6.53. The molecule has 4 heteroatoms. The lowest BCUT2D eigenvalue weighted by Crippen LogP contribution is -2.11. The van der Waals surface area contributed by atoms with Crippen LogP contribution in [0.25, 0.3) is 76.1 Å². The zero-order valence-corrected chi connectivity index (χ0v) is 29.5. The number of benzene rings is 8. The van der Waals surface area contributed by atoms with Crippen LogP contribution in [0.5, 0.6) is 0 Å². The summed E-state index contributed by atoms with van der Waals surface area (Å²) in [5.41, 5.74) is 14.0. The highest BCUT2D eigenvalue weighted by Crippen LogP contribution is 2.44. The minimum atomic E-state index is 0.853. The Morgan fingerprint density at radius 3 is 1.68 bits per heavy atom. The molecular formula is C49H32N2OS. The van der Waals surface area contributed by atoms with E-state index in [9.17, 15) is 0 Å². The average molecular weight is 697 g/mol. The number of furan rings is 1. The Balaban J connectivity index is 1.07. The Labute approximate surface area is 311 Å². The van der Waals surface area contributed by atoms with Gasteiger partial charge in [0.25, 0.3) is 0 Å². The van der Waals surface area contributed by atoms with E-state index in [2.05, 4.69) is 193 Å². The van der Waals surface area contributed by atoms with E-state index in [1.54, 1.807) is 11.3 Å². The molecule has 0 radical (unpaired) electrons. The van der Waals surface area contributed by atoms with Crippen LogP contribution in [0, 0.1) is 0 Å². The molecule has 0 saturated carbocycles. The quantitative estimate of drug-likeness (QED) is 0.166. The van der Waals surface area contributed by atoms with Gasteiger partial charge < -0.3 is 9.32 Å². The fraction of sp³-hybridized carbons (Fsp3) is 0. The number of anilines is 3. The molecule has 0 amide bonds. The number of fused-ring (bicyclic) bond motifs is 4. The zero-order chi connectivity index (χ0) is 35.1. The lowest BCUT2D eigenvalue weighted by atomic mass is 9.95. The van der Waals surface area contributed by atoms with Gasteiger partial charge in [-0.3, -0.25) is 0 Å². The first kappa shape index (κ1) is 31.0. The Hall–Kier alpha value is -6.75. The number of para-hydroxylation sites is 1. The summed E-state index contributed by atoms with van der Waals surface area (Å²) in [6.45, 7) is 0. The summed E-state index contributed by atoms with van der Waals surface area (Å²) in [6, 6.07) is 68.7. The number of thiazole rings is 1. The molecule has 0 aliphatic heterocycles. The largest absolute Gasteiger partial charge is 0.456 e. The predicted molar refractivity (Wildman–Crippen MR) is 223 cm³/mol. The highest BCUT2D eigenvalue weighted by atomic mass is 32.1. The van der Waals surface area contributed by atoms with Crippen molar-refractivity contribution in [2.24, 2.45) is 0 Å². The molecule has 2 aromatic heterocycles. The molecule has 0 N–H and O–H groups in total. The van der Waals surface area contributed by atoms with Crippen molar-refractivity contribution in [1.82, 2.24) is 4.98 Å². The second-order valence-corrected chi connectivity index (χ2v) is 14.2. The summed E-state index contributed by atoms with van der Waals surface area (Å²) >= 11 is 1.72. The molecule has 0 aliphatic carbocycles. The summed E-state index contributed by atoms with van der Waals surface area (Å²) in [6.07, 6.45) is 0. The van der Waals surface area contributed by atoms with E-state index in [-0.39, 0.29) is 0 Å². The van der Waals surface area contributed by atoms with E-state index in [4.69, 9.17) is 9.40 Å². The number of aromatic nitrogens is 1. The first-order valence-corrected chi connectivity index (χ1v) is 18.6. The maximum Gasteiger partial charge on any atom is 0.137 e. The zero-order valence-electron chi connectivity index (χ0n) is 28.7. The van der Waals surface area contributed by atoms with Crippen LogP contribution in [0.4, 0.5) is 17.1 Å². The molecule has 53 heavy (non-hydrogen) atoms. The molecule has 0 bridgehead atoms. The fourth-order valence-corrected chi connectivity index (χ4v) is 8.27. The van der Waals surface area contributed by atoms with Crippen LogP contribution < -0.4 is 4.90 Å². The number of hydrogen-bond donors (Lipinski definition) is 0. The molecular weight excluding hydrogens is 665 g/mol. The lowest BCUT2D eigenvalue weighted by Gasteiger charge is -2.28. The normalized spacial score (nSPS) is 11.4. The molecule has 0 fully saturated rings. The molecule has 3 nitrogen and oxygen atoms in total. The van der Waals surface area contributed by atoms with E-state index in [0.29, 0.717) is 0 Å². The van der Waals surface area contributed by atoms with Crippen LogP contribution in [0.3, 0.4) is 0 Å². The van der Waals surface area contributed by atoms with E-state index < -0.39 is 0 Å². The van der Waals surface area contributed by atoms with Crippen LogP contribution in [0.1, 0.15) is 0 Å². The van der Waals surface area contributed by atoms with E-state index in [1.165, 1.54) is 11.1 Å². The third kappa shape index (κ3) is 5.76. The summed E-state index contributed by atoms with van der Waals surface area (Å²) in [5.74, 6) is 0. The summed E-state index contributed by atoms with van der Waals surface area (Å²) < 4.78 is 7.68. The Morgan fingerprint density at radius 1 is 0.415 bits per heavy atom. The third-order valence-corrected chi connectivity index (χ3v) is 11.0. The van der Waals surface area contributed by atoms with Gasteiger partial charge in [0.1, 0.15) is 16.2 Å². The van der Waals surface area contributed by atoms with Gasteiger partial charge in [-0.1, -0.05) is 133 Å². The second-order valence-electron chi connectivity index (χ2n) is 13.2. The fourth-order valence-electron chi connectivity index (χ4n) is 7.28. The van der Waals surface area contributed by atoms with E-state index in [1.807, 2.05) is 6.07 Å². The average Bonchev–Trinajstić information content (AvgIpc) is 3.82. The summed E-state index contributed by atoms with van der Waals surface area (Å²) in [4.78, 5) is 7.30.